The SMILES string of the molecule is COC(=O)c1cccc2c3c(n(O)c12)[C@@](O)(C=O)C=CC3=O. The number of esters is 1. The highest BCUT2D eigenvalue weighted by atomic mass is 16.5. The fourth-order valence-corrected chi connectivity index (χ4v) is 2.67. The van der Waals surface area contributed by atoms with E-state index in [0.717, 1.165) is 12.2 Å². The zero-order valence-electron chi connectivity index (χ0n) is 11.4. The lowest BCUT2D eigenvalue weighted by Gasteiger charge is -2.22. The zero-order chi connectivity index (χ0) is 16.1. The second-order valence-electron chi connectivity index (χ2n) is 4.87. The van der Waals surface area contributed by atoms with Crippen molar-refractivity contribution in [3.05, 3.63) is 47.2 Å². The van der Waals surface area contributed by atoms with E-state index in [4.69, 9.17) is 0 Å². The van der Waals surface area contributed by atoms with Gasteiger partial charge in [-0.25, -0.2) is 4.79 Å². The molecule has 0 unspecified atom stereocenters. The second kappa shape index (κ2) is 4.54. The second-order valence-corrected chi connectivity index (χ2v) is 4.87. The average molecular weight is 301 g/mol. The number of fused-ring (bicyclic) bond motifs is 3. The molecule has 3 rings (SSSR count). The van der Waals surface area contributed by atoms with E-state index in [2.05, 4.69) is 4.74 Å². The minimum absolute atomic E-state index is 0.00308. The van der Waals surface area contributed by atoms with E-state index in [1.807, 2.05) is 0 Å². The smallest absolute Gasteiger partial charge is 0.340 e. The molecule has 0 spiro atoms. The molecule has 0 saturated heterocycles. The molecule has 1 aliphatic carbocycles. The van der Waals surface area contributed by atoms with Crippen LogP contribution < -0.4 is 0 Å². The molecule has 7 nitrogen and oxygen atoms in total. The Morgan fingerprint density at radius 1 is 1.41 bits per heavy atom. The normalized spacial score (nSPS) is 20.0. The van der Waals surface area contributed by atoms with Crippen LogP contribution in [0.4, 0.5) is 0 Å². The van der Waals surface area contributed by atoms with Gasteiger partial charge in [-0.2, -0.15) is 4.73 Å². The standard InChI is InChI=1S/C15H11NO6/c1-22-14(19)9-4-2-3-8-11-10(18)5-6-15(20,7-17)13(11)16(21)12(8)9/h2-7,20-21H,1H3/t15-/m0/s1. The predicted octanol–water partition coefficient (Wildman–Crippen LogP) is 0.804. The van der Waals surface area contributed by atoms with Crippen molar-refractivity contribution in [2.24, 2.45) is 0 Å². The molecule has 0 radical (unpaired) electrons. The summed E-state index contributed by atoms with van der Waals surface area (Å²) in [5.41, 5.74) is -2.46. The number of ketones is 1. The number of benzene rings is 1. The van der Waals surface area contributed by atoms with Crippen molar-refractivity contribution in [3.63, 3.8) is 0 Å². The summed E-state index contributed by atoms with van der Waals surface area (Å²) in [4.78, 5) is 35.2. The zero-order valence-corrected chi connectivity index (χ0v) is 11.4. The van der Waals surface area contributed by atoms with Gasteiger partial charge in [0.2, 0.25) is 0 Å². The number of aromatic nitrogens is 1. The van der Waals surface area contributed by atoms with Gasteiger partial charge in [0, 0.05) is 5.39 Å². The molecule has 0 bridgehead atoms. The van der Waals surface area contributed by atoms with Crippen molar-refractivity contribution >= 4 is 28.9 Å². The number of carbonyl (C=O) groups excluding carboxylic acids is 3. The van der Waals surface area contributed by atoms with Crippen molar-refractivity contribution in [1.29, 1.82) is 0 Å². The largest absolute Gasteiger partial charge is 0.465 e. The lowest BCUT2D eigenvalue weighted by molar-refractivity contribution is -0.121. The molecule has 0 fully saturated rings. The summed E-state index contributed by atoms with van der Waals surface area (Å²) in [6, 6.07) is 4.43. The van der Waals surface area contributed by atoms with Crippen molar-refractivity contribution in [3.8, 4) is 0 Å². The maximum absolute atomic E-state index is 12.1. The Morgan fingerprint density at radius 2 is 2.14 bits per heavy atom. The molecule has 22 heavy (non-hydrogen) atoms. The number of allylic oxidation sites excluding steroid dienone is 1. The van der Waals surface area contributed by atoms with Crippen LogP contribution >= 0.6 is 0 Å². The molecule has 1 aliphatic rings. The Balaban J connectivity index is 2.49. The van der Waals surface area contributed by atoms with Gasteiger partial charge >= 0.3 is 5.97 Å². The van der Waals surface area contributed by atoms with Gasteiger partial charge in [0.05, 0.1) is 18.2 Å². The summed E-state index contributed by atoms with van der Waals surface area (Å²) in [6.45, 7) is 0. The maximum atomic E-state index is 12.1. The summed E-state index contributed by atoms with van der Waals surface area (Å²) in [5.74, 6) is -1.20. The Kier molecular flexibility index (Phi) is 2.89. The fourth-order valence-electron chi connectivity index (χ4n) is 2.67. The first-order valence-corrected chi connectivity index (χ1v) is 6.32. The number of hydrogen-bond donors (Lipinski definition) is 2. The van der Waals surface area contributed by atoms with E-state index in [1.165, 1.54) is 25.3 Å². The van der Waals surface area contributed by atoms with Crippen LogP contribution in [-0.2, 0) is 15.1 Å². The molecule has 0 saturated carbocycles. The van der Waals surface area contributed by atoms with Gasteiger partial charge in [0.15, 0.2) is 17.7 Å². The van der Waals surface area contributed by atoms with E-state index < -0.39 is 17.4 Å². The van der Waals surface area contributed by atoms with Gasteiger partial charge in [0.1, 0.15) is 11.2 Å². The van der Waals surface area contributed by atoms with E-state index in [9.17, 15) is 24.7 Å². The Morgan fingerprint density at radius 3 is 2.77 bits per heavy atom. The maximum Gasteiger partial charge on any atom is 0.340 e. The Hall–Kier alpha value is -2.93. The fraction of sp³-hybridized carbons (Fsp3) is 0.133. The van der Waals surface area contributed by atoms with Crippen LogP contribution in [-0.4, -0.2) is 40.2 Å². The molecule has 7 heteroatoms. The lowest BCUT2D eigenvalue weighted by atomic mass is 9.89. The third-order valence-electron chi connectivity index (χ3n) is 3.67. The first-order valence-electron chi connectivity index (χ1n) is 6.32. The molecule has 1 atom stereocenters. The summed E-state index contributed by atoms with van der Waals surface area (Å²) in [7, 11) is 1.18. The molecule has 1 aromatic heterocycles. The lowest BCUT2D eigenvalue weighted by Crippen LogP contribution is -2.32. The van der Waals surface area contributed by atoms with E-state index in [0.29, 0.717) is 4.73 Å². The van der Waals surface area contributed by atoms with E-state index >= 15 is 0 Å². The van der Waals surface area contributed by atoms with E-state index in [-0.39, 0.29) is 34.0 Å². The Bertz CT molecular complexity index is 863. The number of hydrogen-bond acceptors (Lipinski definition) is 6. The number of methoxy groups -OCH3 is 1. The van der Waals surface area contributed by atoms with Crippen molar-refractivity contribution < 1.29 is 29.4 Å². The van der Waals surface area contributed by atoms with Crippen LogP contribution in [0.1, 0.15) is 26.4 Å². The van der Waals surface area contributed by atoms with Gasteiger partial charge in [-0.1, -0.05) is 12.1 Å². The third-order valence-corrected chi connectivity index (χ3v) is 3.67. The molecule has 112 valence electrons. The van der Waals surface area contributed by atoms with Crippen molar-refractivity contribution in [2.75, 3.05) is 7.11 Å². The first-order chi connectivity index (χ1) is 10.4. The molecule has 0 amide bonds. The first kappa shape index (κ1) is 14.0. The van der Waals surface area contributed by atoms with Gasteiger partial charge in [-0.15, -0.1) is 0 Å². The number of para-hydroxylation sites is 1. The summed E-state index contributed by atoms with van der Waals surface area (Å²) in [5, 5.41) is 20.9. The summed E-state index contributed by atoms with van der Waals surface area (Å²) in [6.07, 6.45) is 2.26. The average Bonchev–Trinajstić information content (AvgIpc) is 2.85. The number of carbonyl (C=O) groups is 3. The Labute approximate surface area is 124 Å². The number of nitrogens with zero attached hydrogens (tertiary/aromatic N) is 1. The monoisotopic (exact) mass is 301 g/mol. The topological polar surface area (TPSA) is 106 Å². The minimum atomic E-state index is -2.15. The number of ether oxygens (including phenoxy) is 1. The third kappa shape index (κ3) is 1.63. The predicted molar refractivity (Wildman–Crippen MR) is 73.9 cm³/mol. The molecule has 1 heterocycles. The summed E-state index contributed by atoms with van der Waals surface area (Å²) < 4.78 is 5.13. The van der Waals surface area contributed by atoms with Crippen molar-refractivity contribution in [1.82, 2.24) is 4.73 Å². The van der Waals surface area contributed by atoms with Crippen LogP contribution in [0.3, 0.4) is 0 Å². The van der Waals surface area contributed by atoms with Gasteiger partial charge in [0.25, 0.3) is 0 Å². The van der Waals surface area contributed by atoms with Crippen LogP contribution in [0.25, 0.3) is 10.9 Å². The van der Waals surface area contributed by atoms with Gasteiger partial charge < -0.3 is 15.1 Å². The molecular formula is C15H11NO6. The number of aliphatic hydroxyl groups is 1. The highest BCUT2D eigenvalue weighted by molar-refractivity contribution is 6.19. The van der Waals surface area contributed by atoms with Gasteiger partial charge in [-0.3, -0.25) is 9.59 Å². The van der Waals surface area contributed by atoms with Crippen LogP contribution in [0, 0.1) is 0 Å². The molecule has 2 N–H and O–H groups in total. The van der Waals surface area contributed by atoms with Crippen LogP contribution in [0.2, 0.25) is 0 Å². The highest BCUT2D eigenvalue weighted by Crippen LogP contribution is 2.37. The van der Waals surface area contributed by atoms with E-state index in [1.54, 1.807) is 0 Å². The molecular weight excluding hydrogens is 290 g/mol. The quantitative estimate of drug-likeness (QED) is 0.483. The van der Waals surface area contributed by atoms with Crippen LogP contribution in [0.15, 0.2) is 30.4 Å². The number of aldehydes is 1. The molecule has 0 aliphatic heterocycles. The van der Waals surface area contributed by atoms with Crippen LogP contribution in [0.5, 0.6) is 0 Å². The van der Waals surface area contributed by atoms with Crippen molar-refractivity contribution in [2.45, 2.75) is 5.60 Å². The highest BCUT2D eigenvalue weighted by Gasteiger charge is 2.40. The number of rotatable bonds is 2. The molecule has 2 aromatic rings. The molecule has 1 aromatic carbocycles. The minimum Gasteiger partial charge on any atom is -0.465 e. The van der Waals surface area contributed by atoms with Gasteiger partial charge in [-0.05, 0) is 18.2 Å². The summed E-state index contributed by atoms with van der Waals surface area (Å²) >= 11 is 0.